The number of aromatic amines is 1. The van der Waals surface area contributed by atoms with Gasteiger partial charge in [0, 0.05) is 29.0 Å². The van der Waals surface area contributed by atoms with E-state index in [4.69, 9.17) is 0 Å². The van der Waals surface area contributed by atoms with E-state index in [0.717, 1.165) is 25.9 Å². The number of benzene rings is 1. The Morgan fingerprint density at radius 1 is 0.905 bits per heavy atom. The molecule has 0 saturated heterocycles. The Bertz CT molecular complexity index is 759. The van der Waals surface area contributed by atoms with Crippen LogP contribution in [0.1, 0.15) is 17.7 Å². The van der Waals surface area contributed by atoms with Crippen LogP contribution in [0.2, 0.25) is 0 Å². The number of rotatable bonds is 1. The highest BCUT2D eigenvalue weighted by molar-refractivity contribution is 5.89. The first-order chi connectivity index (χ1) is 10.4. The van der Waals surface area contributed by atoms with Crippen molar-refractivity contribution in [2.75, 3.05) is 13.1 Å². The highest BCUT2D eigenvalue weighted by atomic mass is 14.9. The zero-order chi connectivity index (χ0) is 14.1. The first-order valence-corrected chi connectivity index (χ1v) is 7.66. The van der Waals surface area contributed by atoms with Crippen molar-refractivity contribution in [2.45, 2.75) is 19.3 Å². The van der Waals surface area contributed by atoms with Crippen LogP contribution in [0.15, 0.2) is 42.7 Å². The average Bonchev–Trinajstić information content (AvgIpc) is 2.84. The summed E-state index contributed by atoms with van der Waals surface area (Å²) in [4.78, 5) is 7.72. The lowest BCUT2D eigenvalue weighted by Gasteiger charge is -2.11. The summed E-state index contributed by atoms with van der Waals surface area (Å²) in [6.07, 6.45) is 7.16. The van der Waals surface area contributed by atoms with Crippen molar-refractivity contribution in [1.82, 2.24) is 15.3 Å². The quantitative estimate of drug-likeness (QED) is 0.716. The largest absolute Gasteiger partial charge is 0.358 e. The maximum absolute atomic E-state index is 4.10. The molecule has 0 aliphatic carbocycles. The molecule has 1 aliphatic heterocycles. The van der Waals surface area contributed by atoms with Gasteiger partial charge in [0.1, 0.15) is 0 Å². The second kappa shape index (κ2) is 5.34. The van der Waals surface area contributed by atoms with Gasteiger partial charge in [-0.1, -0.05) is 6.07 Å². The third kappa shape index (κ3) is 2.34. The monoisotopic (exact) mass is 277 g/mol. The van der Waals surface area contributed by atoms with E-state index in [1.54, 1.807) is 0 Å². The Balaban J connectivity index is 1.85. The molecule has 0 spiro atoms. The molecule has 0 fully saturated rings. The third-order valence-electron chi connectivity index (χ3n) is 4.34. The molecule has 0 atom stereocenters. The number of hydrogen-bond acceptors (Lipinski definition) is 2. The van der Waals surface area contributed by atoms with Gasteiger partial charge in [0.15, 0.2) is 0 Å². The molecule has 3 nitrogen and oxygen atoms in total. The van der Waals surface area contributed by atoms with Gasteiger partial charge in [0.2, 0.25) is 0 Å². The second-order valence-corrected chi connectivity index (χ2v) is 5.68. The van der Waals surface area contributed by atoms with Gasteiger partial charge in [-0.05, 0) is 73.3 Å². The third-order valence-corrected chi connectivity index (χ3v) is 4.34. The molecule has 1 aliphatic rings. The van der Waals surface area contributed by atoms with Gasteiger partial charge in [0.25, 0.3) is 0 Å². The van der Waals surface area contributed by atoms with E-state index in [-0.39, 0.29) is 0 Å². The summed E-state index contributed by atoms with van der Waals surface area (Å²) >= 11 is 0. The summed E-state index contributed by atoms with van der Waals surface area (Å²) in [7, 11) is 0. The van der Waals surface area contributed by atoms with Gasteiger partial charge in [-0.15, -0.1) is 0 Å². The number of hydrogen-bond donors (Lipinski definition) is 2. The molecule has 1 aromatic carbocycles. The van der Waals surface area contributed by atoms with Crippen LogP contribution >= 0.6 is 0 Å². The zero-order valence-electron chi connectivity index (χ0n) is 12.0. The van der Waals surface area contributed by atoms with E-state index >= 15 is 0 Å². The summed E-state index contributed by atoms with van der Waals surface area (Å²) in [6, 6.07) is 10.9. The minimum atomic E-state index is 1.07. The Kier molecular flexibility index (Phi) is 3.20. The molecule has 0 saturated carbocycles. The Labute approximate surface area is 124 Å². The molecule has 0 radical (unpaired) electrons. The van der Waals surface area contributed by atoms with Gasteiger partial charge < -0.3 is 10.3 Å². The summed E-state index contributed by atoms with van der Waals surface area (Å²) in [6.45, 7) is 2.19. The van der Waals surface area contributed by atoms with Crippen molar-refractivity contribution in [1.29, 1.82) is 0 Å². The van der Waals surface area contributed by atoms with Crippen molar-refractivity contribution in [3.8, 4) is 11.1 Å². The van der Waals surface area contributed by atoms with E-state index < -0.39 is 0 Å². The zero-order valence-corrected chi connectivity index (χ0v) is 12.0. The van der Waals surface area contributed by atoms with Crippen LogP contribution in [0.3, 0.4) is 0 Å². The van der Waals surface area contributed by atoms with Crippen molar-refractivity contribution >= 4 is 10.9 Å². The lowest BCUT2D eigenvalue weighted by atomic mass is 9.99. The Morgan fingerprint density at radius 2 is 1.81 bits per heavy atom. The van der Waals surface area contributed by atoms with Gasteiger partial charge >= 0.3 is 0 Å². The first kappa shape index (κ1) is 12.6. The van der Waals surface area contributed by atoms with Gasteiger partial charge in [-0.2, -0.15) is 0 Å². The minimum absolute atomic E-state index is 1.07. The number of nitrogens with one attached hydrogen (secondary N) is 2. The standard InChI is InChI=1S/C18H19N3/c1-2-17-15(7-11-19-8-1)16-12-14(3-4-18(16)21-17)13-5-9-20-10-6-13/h3-6,9-10,12,19,21H,1-2,7-8,11H2. The van der Waals surface area contributed by atoms with Crippen molar-refractivity contribution in [3.63, 3.8) is 0 Å². The number of fused-ring (bicyclic) bond motifs is 3. The molecular formula is C18H19N3. The van der Waals surface area contributed by atoms with Crippen LogP contribution in [-0.4, -0.2) is 23.1 Å². The number of nitrogens with zero attached hydrogens (tertiary/aromatic N) is 1. The van der Waals surface area contributed by atoms with Crippen LogP contribution in [0.5, 0.6) is 0 Å². The lowest BCUT2D eigenvalue weighted by Crippen LogP contribution is -2.21. The molecule has 21 heavy (non-hydrogen) atoms. The van der Waals surface area contributed by atoms with E-state index in [2.05, 4.69) is 45.6 Å². The molecular weight excluding hydrogens is 258 g/mol. The SMILES string of the molecule is c1cc(-c2ccc3[nH]c4c(c3c2)CCNCCC4)ccn1. The van der Waals surface area contributed by atoms with Crippen molar-refractivity contribution < 1.29 is 0 Å². The van der Waals surface area contributed by atoms with E-state index in [1.807, 2.05) is 12.4 Å². The number of pyridine rings is 1. The lowest BCUT2D eigenvalue weighted by molar-refractivity contribution is 0.623. The maximum atomic E-state index is 4.10. The fourth-order valence-electron chi connectivity index (χ4n) is 3.25. The molecule has 0 bridgehead atoms. The van der Waals surface area contributed by atoms with Crippen LogP contribution in [-0.2, 0) is 12.8 Å². The maximum Gasteiger partial charge on any atom is 0.0459 e. The Morgan fingerprint density at radius 3 is 2.71 bits per heavy atom. The molecule has 3 aromatic rings. The molecule has 3 heteroatoms. The van der Waals surface area contributed by atoms with E-state index in [1.165, 1.54) is 39.7 Å². The summed E-state index contributed by atoms with van der Waals surface area (Å²) in [5, 5.41) is 4.88. The second-order valence-electron chi connectivity index (χ2n) is 5.68. The summed E-state index contributed by atoms with van der Waals surface area (Å²) < 4.78 is 0. The molecule has 2 N–H and O–H groups in total. The van der Waals surface area contributed by atoms with Crippen molar-refractivity contribution in [3.05, 3.63) is 54.0 Å². The van der Waals surface area contributed by atoms with Crippen LogP contribution in [0.4, 0.5) is 0 Å². The molecule has 4 rings (SSSR count). The minimum Gasteiger partial charge on any atom is -0.358 e. The predicted molar refractivity (Wildman–Crippen MR) is 86.4 cm³/mol. The van der Waals surface area contributed by atoms with Crippen LogP contribution in [0, 0.1) is 0 Å². The first-order valence-electron chi connectivity index (χ1n) is 7.66. The van der Waals surface area contributed by atoms with Gasteiger partial charge in [0.05, 0.1) is 0 Å². The Hall–Kier alpha value is -2.13. The normalized spacial score (nSPS) is 15.4. The fourth-order valence-corrected chi connectivity index (χ4v) is 3.25. The average molecular weight is 277 g/mol. The summed E-state index contributed by atoms with van der Waals surface area (Å²) in [5.41, 5.74) is 6.68. The molecule has 0 amide bonds. The number of H-pyrrole nitrogens is 1. The molecule has 0 unspecified atom stereocenters. The topological polar surface area (TPSA) is 40.7 Å². The van der Waals surface area contributed by atoms with Gasteiger partial charge in [-0.25, -0.2) is 0 Å². The molecule has 3 heterocycles. The summed E-state index contributed by atoms with van der Waals surface area (Å²) in [5.74, 6) is 0. The highest BCUT2D eigenvalue weighted by Crippen LogP contribution is 2.29. The number of aryl methyl sites for hydroxylation is 1. The highest BCUT2D eigenvalue weighted by Gasteiger charge is 2.13. The van der Waals surface area contributed by atoms with E-state index in [0.29, 0.717) is 0 Å². The smallest absolute Gasteiger partial charge is 0.0459 e. The van der Waals surface area contributed by atoms with E-state index in [9.17, 15) is 0 Å². The van der Waals surface area contributed by atoms with Crippen LogP contribution < -0.4 is 5.32 Å². The molecule has 2 aromatic heterocycles. The molecule has 106 valence electrons. The van der Waals surface area contributed by atoms with Crippen LogP contribution in [0.25, 0.3) is 22.0 Å². The van der Waals surface area contributed by atoms with Gasteiger partial charge in [-0.3, -0.25) is 4.98 Å². The van der Waals surface area contributed by atoms with Crippen molar-refractivity contribution in [2.24, 2.45) is 0 Å². The number of aromatic nitrogens is 2. The fraction of sp³-hybridized carbons (Fsp3) is 0.278. The predicted octanol–water partition coefficient (Wildman–Crippen LogP) is 3.31.